The van der Waals surface area contributed by atoms with Gasteiger partial charge in [0.2, 0.25) is 11.8 Å². The van der Waals surface area contributed by atoms with Gasteiger partial charge in [-0.05, 0) is 24.1 Å². The van der Waals surface area contributed by atoms with E-state index in [0.717, 1.165) is 29.0 Å². The highest BCUT2D eigenvalue weighted by Gasteiger charge is 2.13. The van der Waals surface area contributed by atoms with Crippen molar-refractivity contribution in [3.8, 4) is 11.3 Å². The van der Waals surface area contributed by atoms with Crippen LogP contribution < -0.4 is 16.0 Å². The van der Waals surface area contributed by atoms with Crippen LogP contribution in [0.15, 0.2) is 47.8 Å². The minimum absolute atomic E-state index is 0.0943. The topological polar surface area (TPSA) is 100 Å². The summed E-state index contributed by atoms with van der Waals surface area (Å²) in [6.45, 7) is 2.08. The van der Waals surface area contributed by atoms with Crippen LogP contribution in [0.4, 0.5) is 13.9 Å². The number of nitrogens with one attached hydrogen (secondary N) is 3. The highest BCUT2D eigenvalue weighted by molar-refractivity contribution is 7.14. The Bertz CT molecular complexity index is 1150. The van der Waals surface area contributed by atoms with Gasteiger partial charge in [0.05, 0.1) is 11.3 Å². The molecule has 33 heavy (non-hydrogen) atoms. The Morgan fingerprint density at radius 1 is 1.03 bits per heavy atom. The zero-order chi connectivity index (χ0) is 23.8. The Balaban J connectivity index is 1.43. The van der Waals surface area contributed by atoms with Crippen LogP contribution in [0.25, 0.3) is 11.3 Å². The molecular formula is C23H22F2N4O3S. The van der Waals surface area contributed by atoms with Crippen LogP contribution in [-0.2, 0) is 16.1 Å². The Kier molecular flexibility index (Phi) is 8.20. The quantitative estimate of drug-likeness (QED) is 0.412. The fraction of sp³-hybridized carbons (Fsp3) is 0.217. The molecule has 0 radical (unpaired) electrons. The van der Waals surface area contributed by atoms with Gasteiger partial charge in [0.15, 0.2) is 5.13 Å². The van der Waals surface area contributed by atoms with Crippen molar-refractivity contribution in [2.24, 2.45) is 0 Å². The van der Waals surface area contributed by atoms with Gasteiger partial charge < -0.3 is 16.0 Å². The molecule has 0 fully saturated rings. The number of hydrogen-bond donors (Lipinski definition) is 3. The van der Waals surface area contributed by atoms with Crippen molar-refractivity contribution in [2.75, 3.05) is 11.9 Å². The van der Waals surface area contributed by atoms with Gasteiger partial charge in [-0.25, -0.2) is 13.8 Å². The van der Waals surface area contributed by atoms with Crippen LogP contribution in [0.3, 0.4) is 0 Å². The maximum absolute atomic E-state index is 13.6. The van der Waals surface area contributed by atoms with E-state index in [4.69, 9.17) is 0 Å². The summed E-state index contributed by atoms with van der Waals surface area (Å²) < 4.78 is 26.5. The molecule has 7 nitrogen and oxygen atoms in total. The molecule has 1 heterocycles. The number of carbonyl (C=O) groups is 3. The average Bonchev–Trinajstić information content (AvgIpc) is 3.24. The van der Waals surface area contributed by atoms with Gasteiger partial charge in [0, 0.05) is 43.4 Å². The predicted octanol–water partition coefficient (Wildman–Crippen LogP) is 3.87. The van der Waals surface area contributed by atoms with Crippen molar-refractivity contribution in [1.29, 1.82) is 0 Å². The second-order valence-corrected chi connectivity index (χ2v) is 8.03. The first-order valence-corrected chi connectivity index (χ1v) is 11.0. The number of aromatic nitrogens is 1. The molecule has 0 saturated carbocycles. The molecule has 0 saturated heterocycles. The van der Waals surface area contributed by atoms with Crippen LogP contribution in [0.5, 0.6) is 0 Å². The second kappa shape index (κ2) is 11.3. The molecule has 0 bridgehead atoms. The molecule has 0 spiro atoms. The van der Waals surface area contributed by atoms with E-state index in [9.17, 15) is 23.2 Å². The Morgan fingerprint density at radius 2 is 1.79 bits per heavy atom. The number of benzene rings is 2. The van der Waals surface area contributed by atoms with Crippen molar-refractivity contribution in [3.63, 3.8) is 0 Å². The minimum Gasteiger partial charge on any atom is -0.352 e. The lowest BCUT2D eigenvalue weighted by atomic mass is 10.1. The Morgan fingerprint density at radius 3 is 2.48 bits per heavy atom. The number of anilines is 1. The molecular weight excluding hydrogens is 450 g/mol. The molecule has 0 atom stereocenters. The maximum atomic E-state index is 13.6. The van der Waals surface area contributed by atoms with Crippen LogP contribution >= 0.6 is 11.3 Å². The number of halogens is 2. The third-order valence-electron chi connectivity index (χ3n) is 4.58. The molecule has 2 aromatic carbocycles. The fourth-order valence-electron chi connectivity index (χ4n) is 2.89. The van der Waals surface area contributed by atoms with Gasteiger partial charge >= 0.3 is 0 Å². The summed E-state index contributed by atoms with van der Waals surface area (Å²) in [5, 5.41) is 10.2. The van der Waals surface area contributed by atoms with Gasteiger partial charge in [-0.15, -0.1) is 11.3 Å². The highest BCUT2D eigenvalue weighted by atomic mass is 32.1. The monoisotopic (exact) mass is 472 g/mol. The van der Waals surface area contributed by atoms with Crippen LogP contribution in [0, 0.1) is 11.6 Å². The largest absolute Gasteiger partial charge is 0.352 e. The van der Waals surface area contributed by atoms with Gasteiger partial charge in [-0.3, -0.25) is 14.4 Å². The summed E-state index contributed by atoms with van der Waals surface area (Å²) in [5.74, 6) is -2.72. The molecule has 0 unspecified atom stereocenters. The van der Waals surface area contributed by atoms with Gasteiger partial charge in [0.1, 0.15) is 11.6 Å². The molecule has 3 rings (SSSR count). The summed E-state index contributed by atoms with van der Waals surface area (Å²) in [5.41, 5.74) is 2.32. The molecule has 3 N–H and O–H groups in total. The minimum atomic E-state index is -0.938. The van der Waals surface area contributed by atoms with E-state index in [1.54, 1.807) is 0 Å². The number of hydrogen-bond acceptors (Lipinski definition) is 5. The molecule has 0 aliphatic rings. The lowest BCUT2D eigenvalue weighted by Crippen LogP contribution is -2.26. The number of amides is 3. The summed E-state index contributed by atoms with van der Waals surface area (Å²) in [7, 11) is 0. The molecule has 10 heteroatoms. The van der Waals surface area contributed by atoms with Gasteiger partial charge in [-0.1, -0.05) is 24.3 Å². The summed E-state index contributed by atoms with van der Waals surface area (Å²) >= 11 is 1.29. The number of nitrogens with zero attached hydrogens (tertiary/aromatic N) is 1. The van der Waals surface area contributed by atoms with E-state index >= 15 is 0 Å². The summed E-state index contributed by atoms with van der Waals surface area (Å²) in [6, 6.07) is 10.3. The van der Waals surface area contributed by atoms with Crippen LogP contribution in [-0.4, -0.2) is 29.3 Å². The van der Waals surface area contributed by atoms with Crippen molar-refractivity contribution >= 4 is 34.2 Å². The van der Waals surface area contributed by atoms with E-state index < -0.39 is 17.5 Å². The number of carbonyl (C=O) groups excluding carboxylic acids is 3. The van der Waals surface area contributed by atoms with Crippen LogP contribution in [0.2, 0.25) is 0 Å². The Labute approximate surface area is 193 Å². The van der Waals surface area contributed by atoms with Crippen LogP contribution in [0.1, 0.15) is 35.7 Å². The van der Waals surface area contributed by atoms with E-state index in [1.807, 2.05) is 29.6 Å². The van der Waals surface area contributed by atoms with Crippen molar-refractivity contribution < 1.29 is 23.2 Å². The summed E-state index contributed by atoms with van der Waals surface area (Å²) in [4.78, 5) is 39.5. The first kappa shape index (κ1) is 24.0. The average molecular weight is 473 g/mol. The molecule has 172 valence electrons. The SMILES string of the molecule is CC(=O)NCc1ccc(-c2csc(NC(=O)CCCNC(=O)c3ccc(F)cc3F)n2)cc1. The lowest BCUT2D eigenvalue weighted by molar-refractivity contribution is -0.119. The normalized spacial score (nSPS) is 10.5. The van der Waals surface area contributed by atoms with Crippen molar-refractivity contribution in [2.45, 2.75) is 26.3 Å². The zero-order valence-corrected chi connectivity index (χ0v) is 18.6. The molecule has 0 aliphatic carbocycles. The smallest absolute Gasteiger partial charge is 0.254 e. The number of thiazole rings is 1. The van der Waals surface area contributed by atoms with Gasteiger partial charge in [-0.2, -0.15) is 0 Å². The van der Waals surface area contributed by atoms with Gasteiger partial charge in [0.25, 0.3) is 5.91 Å². The first-order chi connectivity index (χ1) is 15.8. The number of rotatable bonds is 9. The third kappa shape index (κ3) is 7.18. The van der Waals surface area contributed by atoms with E-state index in [-0.39, 0.29) is 30.3 Å². The molecule has 1 aromatic heterocycles. The molecule has 0 aliphatic heterocycles. The van der Waals surface area contributed by atoms with Crippen molar-refractivity contribution in [1.82, 2.24) is 15.6 Å². The van der Waals surface area contributed by atoms with E-state index in [0.29, 0.717) is 24.2 Å². The summed E-state index contributed by atoms with van der Waals surface area (Å²) in [6.07, 6.45) is 0.479. The standard InChI is InChI=1S/C23H22F2N4O3S/c1-14(30)27-12-15-4-6-16(7-5-15)20-13-33-23(28-20)29-21(31)3-2-10-26-22(32)18-9-8-17(24)11-19(18)25/h4-9,11,13H,2-3,10,12H2,1H3,(H,26,32)(H,27,30)(H,28,29,31). The predicted molar refractivity (Wildman–Crippen MR) is 122 cm³/mol. The zero-order valence-electron chi connectivity index (χ0n) is 17.8. The highest BCUT2D eigenvalue weighted by Crippen LogP contribution is 2.25. The van der Waals surface area contributed by atoms with E-state index in [1.165, 1.54) is 18.3 Å². The molecule has 3 aromatic rings. The second-order valence-electron chi connectivity index (χ2n) is 7.18. The lowest BCUT2D eigenvalue weighted by Gasteiger charge is -2.06. The molecule has 3 amide bonds. The van der Waals surface area contributed by atoms with E-state index in [2.05, 4.69) is 20.9 Å². The van der Waals surface area contributed by atoms with Crippen molar-refractivity contribution in [3.05, 3.63) is 70.6 Å². The maximum Gasteiger partial charge on any atom is 0.254 e. The fourth-order valence-corrected chi connectivity index (χ4v) is 3.62. The first-order valence-electron chi connectivity index (χ1n) is 10.1. The third-order valence-corrected chi connectivity index (χ3v) is 5.34. The Hall–Kier alpha value is -3.66.